The molecule has 1 rings (SSSR count). The first kappa shape index (κ1) is 37.1. The van der Waals surface area contributed by atoms with E-state index in [1.165, 1.54) is 51.4 Å². The van der Waals surface area contributed by atoms with Gasteiger partial charge in [-0.05, 0) is 57.3 Å². The van der Waals surface area contributed by atoms with Crippen molar-refractivity contribution in [2.24, 2.45) is 5.92 Å². The van der Waals surface area contributed by atoms with Gasteiger partial charge in [0.1, 0.15) is 19.3 Å². The topological polar surface area (TPSA) is 85.4 Å². The second-order valence-corrected chi connectivity index (χ2v) is 11.8. The van der Waals surface area contributed by atoms with E-state index >= 15 is 0 Å². The highest BCUT2D eigenvalue weighted by atomic mass is 16.6. The average molecular weight is 577 g/mol. The summed E-state index contributed by atoms with van der Waals surface area (Å²) in [5.41, 5.74) is 0. The first-order valence-corrected chi connectivity index (χ1v) is 16.5. The van der Waals surface area contributed by atoms with Crippen molar-refractivity contribution in [1.29, 1.82) is 0 Å². The van der Waals surface area contributed by atoms with Crippen LogP contribution in [-0.4, -0.2) is 48.6 Å². The molecule has 0 aromatic heterocycles. The summed E-state index contributed by atoms with van der Waals surface area (Å²) in [6.45, 7) is 6.45. The molecule has 1 aliphatic heterocycles. The van der Waals surface area contributed by atoms with Crippen molar-refractivity contribution in [2.75, 3.05) is 13.2 Å². The van der Waals surface area contributed by atoms with Crippen molar-refractivity contribution in [3.63, 3.8) is 0 Å². The molecule has 236 valence electrons. The third-order valence-electron chi connectivity index (χ3n) is 7.21. The predicted molar refractivity (Wildman–Crippen MR) is 168 cm³/mol. The maximum Gasteiger partial charge on any atom is 0.305 e. The lowest BCUT2D eigenvalue weighted by atomic mass is 10.0. The fourth-order valence-electron chi connectivity index (χ4n) is 4.54. The van der Waals surface area contributed by atoms with Crippen LogP contribution in [0, 0.1) is 5.92 Å². The van der Waals surface area contributed by atoms with Crippen LogP contribution in [0.4, 0.5) is 0 Å². The largest absolute Gasteiger partial charge is 0.463 e. The van der Waals surface area contributed by atoms with E-state index in [0.717, 1.165) is 50.9 Å². The minimum Gasteiger partial charge on any atom is -0.463 e. The van der Waals surface area contributed by atoms with E-state index in [0.29, 0.717) is 31.5 Å². The van der Waals surface area contributed by atoms with E-state index in [4.69, 9.17) is 14.2 Å². The molecule has 0 amide bonds. The smallest absolute Gasteiger partial charge is 0.305 e. The Hall–Kier alpha value is -1.92. The Kier molecular flexibility index (Phi) is 23.3. The van der Waals surface area contributed by atoms with Gasteiger partial charge in [-0.15, -0.1) is 0 Å². The van der Waals surface area contributed by atoms with E-state index in [2.05, 4.69) is 57.2 Å². The zero-order valence-corrected chi connectivity index (χ0v) is 26.4. The van der Waals surface area contributed by atoms with E-state index in [1.807, 2.05) is 0 Å². The van der Waals surface area contributed by atoms with E-state index in [1.54, 1.807) is 0 Å². The van der Waals surface area contributed by atoms with Gasteiger partial charge in [0, 0.05) is 12.8 Å². The Morgan fingerprint density at radius 2 is 1.24 bits per heavy atom. The number of hydrogen-bond acceptors (Lipinski definition) is 6. The lowest BCUT2D eigenvalue weighted by Gasteiger charge is -2.12. The predicted octanol–water partition coefficient (Wildman–Crippen LogP) is 8.57. The lowest BCUT2D eigenvalue weighted by Crippen LogP contribution is -2.25. The first-order valence-electron chi connectivity index (χ1n) is 16.5. The fourth-order valence-corrected chi connectivity index (χ4v) is 4.54. The number of esters is 2. The number of unbranched alkanes of at least 4 members (excludes halogenated alkanes) is 9. The molecule has 1 heterocycles. The number of rotatable bonds is 27. The number of carbonyl (C=O) groups is 2. The number of allylic oxidation sites excluding steroid dienone is 4. The summed E-state index contributed by atoms with van der Waals surface area (Å²) in [6.07, 6.45) is 31.0. The van der Waals surface area contributed by atoms with Gasteiger partial charge in [0.05, 0.1) is 12.2 Å². The average Bonchev–Trinajstić information content (AvgIpc) is 3.70. The molecule has 0 aromatic rings. The Labute approximate surface area is 251 Å². The molecule has 6 heteroatoms. The van der Waals surface area contributed by atoms with Gasteiger partial charge < -0.3 is 19.3 Å². The minimum absolute atomic E-state index is 0.139. The molecule has 2 unspecified atom stereocenters. The van der Waals surface area contributed by atoms with Crippen molar-refractivity contribution < 1.29 is 28.9 Å². The number of carbonyl (C=O) groups excluding carboxylic acids is 2. The van der Waals surface area contributed by atoms with Gasteiger partial charge in [-0.25, -0.2) is 0 Å². The van der Waals surface area contributed by atoms with E-state index in [9.17, 15) is 14.7 Å². The fraction of sp³-hybridized carbons (Fsp3) is 0.771. The molecule has 1 N–H and O–H groups in total. The number of aliphatic hydroxyl groups excluding tert-OH is 1. The highest BCUT2D eigenvalue weighted by Crippen LogP contribution is 2.29. The zero-order chi connectivity index (χ0) is 30.0. The van der Waals surface area contributed by atoms with Crippen LogP contribution in [0.25, 0.3) is 0 Å². The lowest BCUT2D eigenvalue weighted by molar-refractivity contribution is -0.152. The Balaban J connectivity index is 1.92. The maximum absolute atomic E-state index is 11.9. The molecule has 1 saturated heterocycles. The molecule has 1 fully saturated rings. The molecule has 0 saturated carbocycles. The summed E-state index contributed by atoms with van der Waals surface area (Å²) in [4.78, 5) is 23.8. The monoisotopic (exact) mass is 576 g/mol. The second kappa shape index (κ2) is 25.8. The Morgan fingerprint density at radius 1 is 0.707 bits per heavy atom. The number of hydrogen-bond donors (Lipinski definition) is 1. The van der Waals surface area contributed by atoms with Crippen LogP contribution in [-0.2, 0) is 23.8 Å². The molecule has 0 aliphatic carbocycles. The van der Waals surface area contributed by atoms with Crippen molar-refractivity contribution in [3.8, 4) is 0 Å². The normalized spacial score (nSPS) is 17.7. The van der Waals surface area contributed by atoms with E-state index < -0.39 is 6.10 Å². The summed E-state index contributed by atoms with van der Waals surface area (Å²) in [7, 11) is 0. The highest BCUT2D eigenvalue weighted by Gasteiger charge is 2.35. The highest BCUT2D eigenvalue weighted by molar-refractivity contribution is 5.69. The summed E-state index contributed by atoms with van der Waals surface area (Å²) >= 11 is 0. The van der Waals surface area contributed by atoms with Crippen LogP contribution in [0.5, 0.6) is 0 Å². The number of ether oxygens (including phenoxy) is 3. The zero-order valence-electron chi connectivity index (χ0n) is 26.4. The standard InChI is InChI=1S/C35H60O6/c1-4-5-6-7-8-9-10-14-19-24-32-33(41-32)25-20-16-17-22-27-35(38)40-29-31(36)28-39-34(37)26-21-15-12-11-13-18-23-30(2)3/h8-9,14,16,19-20,30-33,36H,4-7,10-13,15,17-18,21-29H2,1-3H3/b9-8-,19-14-,20-16-/t31-,32?,33?/m1/s1. The summed E-state index contributed by atoms with van der Waals surface area (Å²) in [5.74, 6) is 0.126. The second-order valence-electron chi connectivity index (χ2n) is 11.8. The number of epoxide rings is 1. The SMILES string of the molecule is CCCCC/C=C\C/C=C\CC1OC1C/C=C\CCCC(=O)OC[C@H](O)COC(=O)CCCCCCCCC(C)C. The van der Waals surface area contributed by atoms with E-state index in [-0.39, 0.29) is 25.2 Å². The molecule has 0 bridgehead atoms. The molecule has 0 radical (unpaired) electrons. The molecule has 3 atom stereocenters. The molecular weight excluding hydrogens is 516 g/mol. The van der Waals surface area contributed by atoms with Gasteiger partial charge in [-0.2, -0.15) is 0 Å². The maximum atomic E-state index is 11.9. The third-order valence-corrected chi connectivity index (χ3v) is 7.21. The number of aliphatic hydroxyl groups is 1. The third kappa shape index (κ3) is 24.4. The summed E-state index contributed by atoms with van der Waals surface area (Å²) in [6, 6.07) is 0. The Morgan fingerprint density at radius 3 is 1.90 bits per heavy atom. The molecule has 1 aliphatic rings. The summed E-state index contributed by atoms with van der Waals surface area (Å²) in [5, 5.41) is 9.94. The Bertz CT molecular complexity index is 741. The molecule has 0 aromatic carbocycles. The van der Waals surface area contributed by atoms with Crippen molar-refractivity contribution in [1.82, 2.24) is 0 Å². The molecule has 6 nitrogen and oxygen atoms in total. The van der Waals surface area contributed by atoms with Crippen molar-refractivity contribution >= 4 is 11.9 Å². The van der Waals surface area contributed by atoms with Crippen LogP contribution in [0.1, 0.15) is 136 Å². The molecule has 0 spiro atoms. The van der Waals surface area contributed by atoms with Crippen LogP contribution in [0.3, 0.4) is 0 Å². The van der Waals surface area contributed by atoms with Crippen molar-refractivity contribution in [3.05, 3.63) is 36.5 Å². The van der Waals surface area contributed by atoms with Gasteiger partial charge in [-0.1, -0.05) is 109 Å². The van der Waals surface area contributed by atoms with Gasteiger partial charge in [0.25, 0.3) is 0 Å². The van der Waals surface area contributed by atoms with Gasteiger partial charge >= 0.3 is 11.9 Å². The quantitative estimate of drug-likeness (QED) is 0.0456. The van der Waals surface area contributed by atoms with Crippen LogP contribution in [0.15, 0.2) is 36.5 Å². The van der Waals surface area contributed by atoms with Crippen LogP contribution < -0.4 is 0 Å². The van der Waals surface area contributed by atoms with Gasteiger partial charge in [0.2, 0.25) is 0 Å². The van der Waals surface area contributed by atoms with Crippen LogP contribution in [0.2, 0.25) is 0 Å². The van der Waals surface area contributed by atoms with Crippen LogP contribution >= 0.6 is 0 Å². The molecular formula is C35H60O6. The van der Waals surface area contributed by atoms with Gasteiger partial charge in [-0.3, -0.25) is 9.59 Å². The first-order chi connectivity index (χ1) is 19.9. The molecule has 41 heavy (non-hydrogen) atoms. The summed E-state index contributed by atoms with van der Waals surface area (Å²) < 4.78 is 15.9. The minimum atomic E-state index is -0.989. The van der Waals surface area contributed by atoms with Crippen molar-refractivity contribution in [2.45, 2.75) is 155 Å². The van der Waals surface area contributed by atoms with Gasteiger partial charge in [0.15, 0.2) is 0 Å².